The number of carbonyl (C=O) groups excluding carboxylic acids is 1. The molecule has 31 heavy (non-hydrogen) atoms. The molecule has 0 saturated carbocycles. The minimum Gasteiger partial charge on any atom is -0.333 e. The highest BCUT2D eigenvalue weighted by Gasteiger charge is 2.38. The van der Waals surface area contributed by atoms with Crippen LogP contribution in [-0.4, -0.2) is 68.2 Å². The van der Waals surface area contributed by atoms with Gasteiger partial charge in [0.15, 0.2) is 0 Å². The summed E-state index contributed by atoms with van der Waals surface area (Å²) in [6.07, 6.45) is 0.890. The Bertz CT molecular complexity index is 1020. The van der Waals surface area contributed by atoms with E-state index < -0.39 is 15.8 Å². The predicted octanol–water partition coefficient (Wildman–Crippen LogP) is 2.74. The molecule has 0 bridgehead atoms. The van der Waals surface area contributed by atoms with Crippen molar-refractivity contribution >= 4 is 15.9 Å². The van der Waals surface area contributed by atoms with Gasteiger partial charge in [-0.25, -0.2) is 12.8 Å². The summed E-state index contributed by atoms with van der Waals surface area (Å²) in [5, 5.41) is 0. The average Bonchev–Trinajstić information content (AvgIpc) is 2.79. The highest BCUT2D eigenvalue weighted by Crippen LogP contribution is 2.31. The number of carbonyl (C=O) groups is 1. The number of piperidine rings is 1. The van der Waals surface area contributed by atoms with Crippen molar-refractivity contribution in [2.45, 2.75) is 23.8 Å². The van der Waals surface area contributed by atoms with Crippen LogP contribution in [0.4, 0.5) is 4.39 Å². The smallest absolute Gasteiger partial charge is 0.245 e. The van der Waals surface area contributed by atoms with Gasteiger partial charge in [-0.05, 0) is 37.6 Å². The van der Waals surface area contributed by atoms with E-state index >= 15 is 0 Å². The van der Waals surface area contributed by atoms with Gasteiger partial charge in [-0.15, -0.1) is 0 Å². The van der Waals surface area contributed by atoms with Gasteiger partial charge < -0.3 is 9.80 Å². The van der Waals surface area contributed by atoms with Gasteiger partial charge in [-0.2, -0.15) is 4.31 Å². The van der Waals surface area contributed by atoms with Gasteiger partial charge in [-0.3, -0.25) is 4.79 Å². The number of hydrogen-bond acceptors (Lipinski definition) is 4. The van der Waals surface area contributed by atoms with Gasteiger partial charge in [0, 0.05) is 38.6 Å². The Kier molecular flexibility index (Phi) is 6.41. The molecule has 8 heteroatoms. The van der Waals surface area contributed by atoms with E-state index in [1.165, 1.54) is 22.5 Å². The average molecular weight is 446 g/mol. The molecule has 0 aromatic heterocycles. The van der Waals surface area contributed by atoms with E-state index in [-0.39, 0.29) is 35.9 Å². The van der Waals surface area contributed by atoms with Gasteiger partial charge in [0.25, 0.3) is 0 Å². The Hall–Kier alpha value is -2.29. The lowest BCUT2D eigenvalue weighted by Crippen LogP contribution is -2.52. The van der Waals surface area contributed by atoms with Crippen LogP contribution in [0.25, 0.3) is 0 Å². The fourth-order valence-electron chi connectivity index (χ4n) is 4.51. The molecule has 2 aliphatic heterocycles. The van der Waals surface area contributed by atoms with Crippen molar-refractivity contribution in [3.63, 3.8) is 0 Å². The third kappa shape index (κ3) is 4.51. The van der Waals surface area contributed by atoms with E-state index in [9.17, 15) is 17.6 Å². The zero-order chi connectivity index (χ0) is 22.0. The van der Waals surface area contributed by atoms with Crippen molar-refractivity contribution in [1.29, 1.82) is 0 Å². The summed E-state index contributed by atoms with van der Waals surface area (Å²) in [5.41, 5.74) is 1.11. The first kappa shape index (κ1) is 21.9. The standard InChI is InChI=1S/C23H28FN3O3S/c1-25-15-16-27(21(17-25)18-7-3-2-4-8-18)23(28)19-11-13-26(14-12-19)31(29,30)22-10-6-5-9-20(22)24/h2-10,19,21H,11-17H2,1H3/t21-/m0/s1. The Labute approximate surface area is 183 Å². The number of sulfonamides is 1. The van der Waals surface area contributed by atoms with Crippen molar-refractivity contribution in [1.82, 2.24) is 14.1 Å². The second kappa shape index (κ2) is 9.06. The van der Waals surface area contributed by atoms with Gasteiger partial charge in [-0.1, -0.05) is 42.5 Å². The van der Waals surface area contributed by atoms with E-state index in [2.05, 4.69) is 11.9 Å². The van der Waals surface area contributed by atoms with Crippen LogP contribution in [0.1, 0.15) is 24.4 Å². The first-order chi connectivity index (χ1) is 14.9. The maximum atomic E-state index is 14.1. The zero-order valence-corrected chi connectivity index (χ0v) is 18.5. The third-order valence-corrected chi connectivity index (χ3v) is 8.24. The van der Waals surface area contributed by atoms with Crippen LogP contribution in [0.15, 0.2) is 59.5 Å². The molecule has 4 rings (SSSR count). The highest BCUT2D eigenvalue weighted by atomic mass is 32.2. The van der Waals surface area contributed by atoms with Crippen LogP contribution < -0.4 is 0 Å². The summed E-state index contributed by atoms with van der Waals surface area (Å²) in [6, 6.07) is 15.5. The summed E-state index contributed by atoms with van der Waals surface area (Å²) in [6.45, 7) is 2.68. The number of likely N-dealkylation sites (N-methyl/N-ethyl adjacent to an activating group) is 1. The van der Waals surface area contributed by atoms with Gasteiger partial charge in [0.1, 0.15) is 10.7 Å². The van der Waals surface area contributed by atoms with Crippen LogP contribution >= 0.6 is 0 Å². The van der Waals surface area contributed by atoms with E-state index in [0.717, 1.165) is 24.7 Å². The predicted molar refractivity (Wildman–Crippen MR) is 116 cm³/mol. The quantitative estimate of drug-likeness (QED) is 0.726. The summed E-state index contributed by atoms with van der Waals surface area (Å²) in [5.74, 6) is -0.879. The number of nitrogens with zero attached hydrogens (tertiary/aromatic N) is 3. The lowest BCUT2D eigenvalue weighted by atomic mass is 9.94. The molecule has 2 aromatic rings. The Morgan fingerprint density at radius 2 is 1.58 bits per heavy atom. The molecular weight excluding hydrogens is 417 g/mol. The molecule has 166 valence electrons. The van der Waals surface area contributed by atoms with E-state index in [1.807, 2.05) is 35.2 Å². The highest BCUT2D eigenvalue weighted by molar-refractivity contribution is 7.89. The molecule has 1 amide bonds. The number of piperazine rings is 1. The van der Waals surface area contributed by atoms with E-state index in [0.29, 0.717) is 19.4 Å². The number of halogens is 1. The Morgan fingerprint density at radius 1 is 0.935 bits per heavy atom. The number of amides is 1. The number of hydrogen-bond donors (Lipinski definition) is 0. The molecule has 2 saturated heterocycles. The molecule has 0 spiro atoms. The first-order valence-corrected chi connectivity index (χ1v) is 12.1. The second-order valence-electron chi connectivity index (χ2n) is 8.33. The normalized spacial score (nSPS) is 21.9. The first-order valence-electron chi connectivity index (χ1n) is 10.7. The van der Waals surface area contributed by atoms with Crippen molar-refractivity contribution in [2.24, 2.45) is 5.92 Å². The maximum Gasteiger partial charge on any atom is 0.245 e. The van der Waals surface area contributed by atoms with Gasteiger partial charge in [0.2, 0.25) is 15.9 Å². The molecule has 6 nitrogen and oxygen atoms in total. The lowest BCUT2D eigenvalue weighted by Gasteiger charge is -2.43. The summed E-state index contributed by atoms with van der Waals surface area (Å²) in [4.78, 5) is 17.3. The van der Waals surface area contributed by atoms with Crippen molar-refractivity contribution < 1.29 is 17.6 Å². The molecule has 0 unspecified atom stereocenters. The fraction of sp³-hybridized carbons (Fsp3) is 0.435. The van der Waals surface area contributed by atoms with Crippen LogP contribution in [0.5, 0.6) is 0 Å². The monoisotopic (exact) mass is 445 g/mol. The second-order valence-corrected chi connectivity index (χ2v) is 10.2. The molecule has 0 aliphatic carbocycles. The fourth-order valence-corrected chi connectivity index (χ4v) is 6.05. The topological polar surface area (TPSA) is 60.9 Å². The van der Waals surface area contributed by atoms with Crippen LogP contribution in [0.3, 0.4) is 0 Å². The zero-order valence-electron chi connectivity index (χ0n) is 17.7. The van der Waals surface area contributed by atoms with Gasteiger partial charge in [0.05, 0.1) is 6.04 Å². The lowest BCUT2D eigenvalue weighted by molar-refractivity contribution is -0.141. The molecule has 2 fully saturated rings. The van der Waals surface area contributed by atoms with E-state index in [4.69, 9.17) is 0 Å². The minimum atomic E-state index is -3.90. The van der Waals surface area contributed by atoms with Crippen LogP contribution in [0.2, 0.25) is 0 Å². The number of rotatable bonds is 4. The Morgan fingerprint density at radius 3 is 2.26 bits per heavy atom. The van der Waals surface area contributed by atoms with E-state index in [1.54, 1.807) is 0 Å². The number of benzene rings is 2. The maximum absolute atomic E-state index is 14.1. The molecule has 2 aliphatic rings. The summed E-state index contributed by atoms with van der Waals surface area (Å²) >= 11 is 0. The molecule has 2 heterocycles. The minimum absolute atomic E-state index is 0.00683. The molecule has 0 radical (unpaired) electrons. The molecule has 1 atom stereocenters. The Balaban J connectivity index is 1.46. The van der Waals surface area contributed by atoms with Crippen molar-refractivity contribution in [2.75, 3.05) is 39.8 Å². The van der Waals surface area contributed by atoms with Crippen LogP contribution in [0, 0.1) is 11.7 Å². The molecule has 0 N–H and O–H groups in total. The summed E-state index contributed by atoms with van der Waals surface area (Å²) < 4.78 is 41.0. The van der Waals surface area contributed by atoms with Gasteiger partial charge >= 0.3 is 0 Å². The molecular formula is C23H28FN3O3S. The largest absolute Gasteiger partial charge is 0.333 e. The summed E-state index contributed by atoms with van der Waals surface area (Å²) in [7, 11) is -1.84. The SMILES string of the molecule is CN1CCN(C(=O)C2CCN(S(=O)(=O)c3ccccc3F)CC2)[C@H](c2ccccc2)C1. The van der Waals surface area contributed by atoms with Crippen molar-refractivity contribution in [3.05, 3.63) is 66.0 Å². The van der Waals surface area contributed by atoms with Crippen LogP contribution in [-0.2, 0) is 14.8 Å². The third-order valence-electron chi connectivity index (χ3n) is 6.31. The van der Waals surface area contributed by atoms with Crippen molar-refractivity contribution in [3.8, 4) is 0 Å². The molecule has 2 aromatic carbocycles.